The van der Waals surface area contributed by atoms with Crippen LogP contribution in [-0.2, 0) is 17.9 Å². The molecule has 2 heterocycles. The molecular weight excluding hydrogens is 438 g/mol. The third-order valence-corrected chi connectivity index (χ3v) is 6.39. The molecule has 7 nitrogen and oxygen atoms in total. The van der Waals surface area contributed by atoms with Crippen molar-refractivity contribution in [1.82, 2.24) is 9.13 Å². The van der Waals surface area contributed by atoms with E-state index in [9.17, 15) is 14.4 Å². The van der Waals surface area contributed by atoms with Crippen LogP contribution in [0.1, 0.15) is 30.9 Å². The lowest BCUT2D eigenvalue weighted by atomic mass is 10.0. The number of benzene rings is 2. The average molecular weight is 464 g/mol. The molecule has 1 amide bonds. The first-order valence-electron chi connectivity index (χ1n) is 10.6. The van der Waals surface area contributed by atoms with Crippen LogP contribution in [0.25, 0.3) is 10.2 Å². The molecule has 33 heavy (non-hydrogen) atoms. The Bertz CT molecular complexity index is 1400. The van der Waals surface area contributed by atoms with Crippen molar-refractivity contribution in [3.63, 3.8) is 0 Å². The fraction of sp³-hybridized carbons (Fsp3) is 0.240. The number of hydrogen-bond acceptors (Lipinski definition) is 5. The number of carbonyl (C=O) groups is 1. The van der Waals surface area contributed by atoms with Gasteiger partial charge in [0.2, 0.25) is 5.91 Å². The van der Waals surface area contributed by atoms with Gasteiger partial charge in [-0.25, -0.2) is 4.79 Å². The van der Waals surface area contributed by atoms with Gasteiger partial charge in [-0.15, -0.1) is 11.3 Å². The minimum absolute atomic E-state index is 0.105. The van der Waals surface area contributed by atoms with Crippen molar-refractivity contribution in [3.8, 4) is 5.75 Å². The normalized spacial score (nSPS) is 11.2. The molecule has 8 heteroatoms. The molecule has 2 aromatic heterocycles. The van der Waals surface area contributed by atoms with Crippen molar-refractivity contribution in [2.75, 3.05) is 12.4 Å². The van der Waals surface area contributed by atoms with Crippen LogP contribution in [0.2, 0.25) is 0 Å². The molecule has 0 fully saturated rings. The summed E-state index contributed by atoms with van der Waals surface area (Å²) in [6.45, 7) is 4.12. The zero-order valence-electron chi connectivity index (χ0n) is 18.7. The molecule has 0 aliphatic carbocycles. The van der Waals surface area contributed by atoms with E-state index >= 15 is 0 Å². The molecule has 1 N–H and O–H groups in total. The molecule has 0 atom stereocenters. The second-order valence-corrected chi connectivity index (χ2v) is 8.98. The van der Waals surface area contributed by atoms with Gasteiger partial charge in [0.15, 0.2) is 0 Å². The molecule has 0 saturated carbocycles. The second-order valence-electron chi connectivity index (χ2n) is 8.07. The number of carbonyl (C=O) groups excluding carboxylic acids is 1. The van der Waals surface area contributed by atoms with Crippen molar-refractivity contribution in [3.05, 3.63) is 91.9 Å². The van der Waals surface area contributed by atoms with Gasteiger partial charge < -0.3 is 10.1 Å². The largest absolute Gasteiger partial charge is 0.497 e. The number of ether oxygens (including phenoxy) is 1. The Morgan fingerprint density at radius 3 is 2.33 bits per heavy atom. The summed E-state index contributed by atoms with van der Waals surface area (Å²) in [5, 5.41) is 4.59. The van der Waals surface area contributed by atoms with Crippen molar-refractivity contribution >= 4 is 33.1 Å². The lowest BCUT2D eigenvalue weighted by molar-refractivity contribution is -0.116. The van der Waals surface area contributed by atoms with E-state index in [1.807, 2.05) is 24.3 Å². The first-order valence-corrected chi connectivity index (χ1v) is 11.5. The highest BCUT2D eigenvalue weighted by atomic mass is 32.1. The first kappa shape index (κ1) is 22.5. The highest BCUT2D eigenvalue weighted by Crippen LogP contribution is 2.18. The SMILES string of the molecule is COc1ccc(Cn2c(=O)c3sccc3n(CC(=O)Nc3ccc(C(C)C)cc3)c2=O)cc1. The van der Waals surface area contributed by atoms with Crippen LogP contribution in [0.15, 0.2) is 69.6 Å². The molecule has 0 bridgehead atoms. The summed E-state index contributed by atoms with van der Waals surface area (Å²) < 4.78 is 8.14. The highest BCUT2D eigenvalue weighted by molar-refractivity contribution is 7.17. The molecule has 4 aromatic rings. The number of thiophene rings is 1. The van der Waals surface area contributed by atoms with Crippen LogP contribution in [0, 0.1) is 0 Å². The Balaban J connectivity index is 1.64. The Morgan fingerprint density at radius 2 is 1.70 bits per heavy atom. The molecule has 0 aliphatic heterocycles. The van der Waals surface area contributed by atoms with Crippen LogP contribution in [-0.4, -0.2) is 22.2 Å². The summed E-state index contributed by atoms with van der Waals surface area (Å²) in [7, 11) is 1.58. The Labute approximate surface area is 194 Å². The van der Waals surface area contributed by atoms with Crippen molar-refractivity contribution in [2.45, 2.75) is 32.9 Å². The smallest absolute Gasteiger partial charge is 0.332 e. The van der Waals surface area contributed by atoms with Crippen molar-refractivity contribution < 1.29 is 9.53 Å². The predicted molar refractivity (Wildman–Crippen MR) is 132 cm³/mol. The first-order chi connectivity index (χ1) is 15.9. The van der Waals surface area contributed by atoms with E-state index in [0.717, 1.165) is 5.56 Å². The number of amides is 1. The van der Waals surface area contributed by atoms with E-state index in [1.165, 1.54) is 26.0 Å². The van der Waals surface area contributed by atoms with E-state index in [0.29, 0.717) is 27.6 Å². The summed E-state index contributed by atoms with van der Waals surface area (Å²) >= 11 is 1.26. The lowest BCUT2D eigenvalue weighted by Gasteiger charge is -2.13. The van der Waals surface area contributed by atoms with Gasteiger partial charge in [-0.05, 0) is 52.8 Å². The molecule has 0 aliphatic rings. The molecular formula is C25H25N3O4S. The van der Waals surface area contributed by atoms with Gasteiger partial charge in [-0.1, -0.05) is 38.1 Å². The molecule has 4 rings (SSSR count). The van der Waals surface area contributed by atoms with Crippen LogP contribution in [0.3, 0.4) is 0 Å². The minimum Gasteiger partial charge on any atom is -0.497 e. The van der Waals surface area contributed by atoms with E-state index in [-0.39, 0.29) is 24.6 Å². The Morgan fingerprint density at radius 1 is 1.00 bits per heavy atom. The maximum atomic E-state index is 13.3. The van der Waals surface area contributed by atoms with Crippen LogP contribution >= 0.6 is 11.3 Å². The minimum atomic E-state index is -0.521. The van der Waals surface area contributed by atoms with Crippen molar-refractivity contribution in [1.29, 1.82) is 0 Å². The standard InChI is InChI=1S/C25H25N3O4S/c1-16(2)18-6-8-19(9-7-18)26-22(29)15-27-21-12-13-33-23(21)24(30)28(25(27)31)14-17-4-10-20(32-3)11-5-17/h4-13,16H,14-15H2,1-3H3,(H,26,29). The fourth-order valence-electron chi connectivity index (χ4n) is 3.63. The van der Waals surface area contributed by atoms with Gasteiger partial charge in [0, 0.05) is 5.69 Å². The second kappa shape index (κ2) is 9.46. The maximum Gasteiger partial charge on any atom is 0.332 e. The number of rotatable bonds is 7. The van der Waals surface area contributed by atoms with Gasteiger partial charge in [0.05, 0.1) is 19.2 Å². The number of nitrogens with zero attached hydrogens (tertiary/aromatic N) is 2. The summed E-state index contributed by atoms with van der Waals surface area (Å²) in [4.78, 5) is 39.0. The van der Waals surface area contributed by atoms with Gasteiger partial charge >= 0.3 is 5.69 Å². The number of hydrogen-bond donors (Lipinski definition) is 1. The maximum absolute atomic E-state index is 13.3. The van der Waals surface area contributed by atoms with Crippen LogP contribution in [0.5, 0.6) is 5.75 Å². The Kier molecular flexibility index (Phi) is 6.46. The summed E-state index contributed by atoms with van der Waals surface area (Å²) in [6.07, 6.45) is 0. The van der Waals surface area contributed by atoms with E-state index in [1.54, 1.807) is 42.8 Å². The summed E-state index contributed by atoms with van der Waals surface area (Å²) in [6, 6.07) is 16.5. The average Bonchev–Trinajstić information content (AvgIpc) is 3.30. The number of fused-ring (bicyclic) bond motifs is 1. The monoisotopic (exact) mass is 463 g/mol. The number of nitrogens with one attached hydrogen (secondary N) is 1. The third kappa shape index (κ3) is 4.75. The van der Waals surface area contributed by atoms with Crippen LogP contribution < -0.4 is 21.3 Å². The molecule has 0 spiro atoms. The number of anilines is 1. The zero-order chi connectivity index (χ0) is 23.5. The Hall–Kier alpha value is -3.65. The van der Waals surface area contributed by atoms with E-state index in [4.69, 9.17) is 4.74 Å². The molecule has 0 unspecified atom stereocenters. The molecule has 0 radical (unpaired) electrons. The van der Waals surface area contributed by atoms with E-state index < -0.39 is 5.69 Å². The predicted octanol–water partition coefficient (Wildman–Crippen LogP) is 4.04. The number of methoxy groups -OCH3 is 1. The topological polar surface area (TPSA) is 82.3 Å². The number of aromatic nitrogens is 2. The van der Waals surface area contributed by atoms with E-state index in [2.05, 4.69) is 19.2 Å². The quantitative estimate of drug-likeness (QED) is 0.448. The summed E-state index contributed by atoms with van der Waals surface area (Å²) in [5.41, 5.74) is 2.20. The van der Waals surface area contributed by atoms with Gasteiger partial charge in [0.1, 0.15) is 17.0 Å². The fourth-order valence-corrected chi connectivity index (χ4v) is 4.48. The van der Waals surface area contributed by atoms with Gasteiger partial charge in [-0.3, -0.25) is 18.7 Å². The van der Waals surface area contributed by atoms with Gasteiger partial charge in [0.25, 0.3) is 5.56 Å². The molecule has 170 valence electrons. The molecule has 2 aromatic carbocycles. The van der Waals surface area contributed by atoms with Crippen molar-refractivity contribution in [2.24, 2.45) is 0 Å². The lowest BCUT2D eigenvalue weighted by Crippen LogP contribution is -2.41. The highest BCUT2D eigenvalue weighted by Gasteiger charge is 2.17. The molecule has 0 saturated heterocycles. The van der Waals surface area contributed by atoms with Gasteiger partial charge in [-0.2, -0.15) is 0 Å². The third-order valence-electron chi connectivity index (χ3n) is 5.50. The van der Waals surface area contributed by atoms with Crippen LogP contribution in [0.4, 0.5) is 5.69 Å². The summed E-state index contributed by atoms with van der Waals surface area (Å²) in [5.74, 6) is 0.749. The zero-order valence-corrected chi connectivity index (χ0v) is 19.5.